The molecule has 0 radical (unpaired) electrons. The number of aliphatic hydroxyl groups excluding tert-OH is 1. The van der Waals surface area contributed by atoms with Gasteiger partial charge in [-0.1, -0.05) is 6.92 Å². The second-order valence-electron chi connectivity index (χ2n) is 4.11. The molecule has 0 aromatic heterocycles. The van der Waals surface area contributed by atoms with E-state index in [4.69, 9.17) is 5.11 Å². The van der Waals surface area contributed by atoms with E-state index in [0.717, 1.165) is 25.7 Å². The maximum absolute atomic E-state index is 8.90. The van der Waals surface area contributed by atoms with Gasteiger partial charge in [0.2, 0.25) is 0 Å². The fourth-order valence-electron chi connectivity index (χ4n) is 1.80. The van der Waals surface area contributed by atoms with Crippen LogP contribution >= 0.6 is 0 Å². The molecule has 0 bridgehead atoms. The van der Waals surface area contributed by atoms with Crippen molar-refractivity contribution in [2.45, 2.75) is 25.8 Å². The Morgan fingerprint density at radius 2 is 2.23 bits per heavy atom. The van der Waals surface area contributed by atoms with Crippen molar-refractivity contribution in [3.8, 4) is 0 Å². The fraction of sp³-hybridized carbons (Fsp3) is 1.00. The van der Waals surface area contributed by atoms with E-state index in [1.54, 1.807) is 0 Å². The molecule has 1 fully saturated rings. The van der Waals surface area contributed by atoms with Crippen molar-refractivity contribution in [2.75, 3.05) is 33.3 Å². The molecule has 0 heterocycles. The Morgan fingerprint density at radius 1 is 1.54 bits per heavy atom. The van der Waals surface area contributed by atoms with Crippen molar-refractivity contribution in [1.82, 2.24) is 10.2 Å². The summed E-state index contributed by atoms with van der Waals surface area (Å²) in [5.41, 5.74) is 0. The van der Waals surface area contributed by atoms with E-state index in [0.29, 0.717) is 12.5 Å². The zero-order valence-electron chi connectivity index (χ0n) is 8.79. The van der Waals surface area contributed by atoms with Gasteiger partial charge in [0.05, 0.1) is 6.61 Å². The van der Waals surface area contributed by atoms with Crippen LogP contribution in [0.3, 0.4) is 0 Å². The number of hydrogen-bond acceptors (Lipinski definition) is 3. The van der Waals surface area contributed by atoms with Gasteiger partial charge in [-0.25, -0.2) is 0 Å². The van der Waals surface area contributed by atoms with Crippen molar-refractivity contribution >= 4 is 0 Å². The van der Waals surface area contributed by atoms with E-state index in [1.165, 1.54) is 12.8 Å². The molecule has 1 aliphatic rings. The first-order chi connectivity index (χ1) is 6.27. The van der Waals surface area contributed by atoms with Gasteiger partial charge >= 0.3 is 0 Å². The Kier molecular flexibility index (Phi) is 4.70. The molecule has 1 unspecified atom stereocenters. The molecule has 2 N–H and O–H groups in total. The van der Waals surface area contributed by atoms with Gasteiger partial charge in [0, 0.05) is 19.1 Å². The van der Waals surface area contributed by atoms with Crippen LogP contribution in [0, 0.1) is 5.92 Å². The molecule has 78 valence electrons. The summed E-state index contributed by atoms with van der Waals surface area (Å²) in [4.78, 5) is 2.42. The first-order valence-corrected chi connectivity index (χ1v) is 5.27. The van der Waals surface area contributed by atoms with Crippen LogP contribution in [0.2, 0.25) is 0 Å². The highest BCUT2D eigenvalue weighted by molar-refractivity contribution is 4.85. The smallest absolute Gasteiger partial charge is 0.0558 e. The molecule has 0 aromatic carbocycles. The zero-order chi connectivity index (χ0) is 9.68. The summed E-state index contributed by atoms with van der Waals surface area (Å²) in [6.07, 6.45) is 2.65. The average molecular weight is 186 g/mol. The molecule has 0 spiro atoms. The van der Waals surface area contributed by atoms with Crippen LogP contribution in [0.1, 0.15) is 19.8 Å². The summed E-state index contributed by atoms with van der Waals surface area (Å²) in [5, 5.41) is 12.1. The molecule has 3 nitrogen and oxygen atoms in total. The quantitative estimate of drug-likeness (QED) is 0.600. The van der Waals surface area contributed by atoms with Crippen LogP contribution in [0.5, 0.6) is 0 Å². The van der Waals surface area contributed by atoms with Crippen molar-refractivity contribution in [2.24, 2.45) is 5.92 Å². The number of nitrogens with one attached hydrogen (secondary N) is 1. The van der Waals surface area contributed by atoms with Gasteiger partial charge in [-0.15, -0.1) is 0 Å². The first-order valence-electron chi connectivity index (χ1n) is 5.27. The van der Waals surface area contributed by atoms with Crippen molar-refractivity contribution < 1.29 is 5.11 Å². The van der Waals surface area contributed by atoms with Crippen LogP contribution in [0.4, 0.5) is 0 Å². The number of nitrogens with zero attached hydrogens (tertiary/aromatic N) is 1. The van der Waals surface area contributed by atoms with Gasteiger partial charge in [-0.05, 0) is 32.4 Å². The molecular weight excluding hydrogens is 164 g/mol. The summed E-state index contributed by atoms with van der Waals surface area (Å²) >= 11 is 0. The second-order valence-corrected chi connectivity index (χ2v) is 4.11. The molecule has 1 atom stereocenters. The van der Waals surface area contributed by atoms with Gasteiger partial charge in [-0.3, -0.25) is 4.90 Å². The molecule has 1 saturated carbocycles. The van der Waals surface area contributed by atoms with Crippen LogP contribution in [0.25, 0.3) is 0 Å². The summed E-state index contributed by atoms with van der Waals surface area (Å²) < 4.78 is 0. The summed E-state index contributed by atoms with van der Waals surface area (Å²) in [5.74, 6) is 0.678. The third-order valence-electron chi connectivity index (χ3n) is 2.55. The fourth-order valence-corrected chi connectivity index (χ4v) is 1.80. The third kappa shape index (κ3) is 4.07. The summed E-state index contributed by atoms with van der Waals surface area (Å²) in [7, 11) is 1.99. The molecule has 0 amide bonds. The molecule has 1 aliphatic carbocycles. The lowest BCUT2D eigenvalue weighted by Crippen LogP contribution is -2.36. The van der Waals surface area contributed by atoms with Crippen molar-refractivity contribution in [3.63, 3.8) is 0 Å². The lowest BCUT2D eigenvalue weighted by atomic mass is 10.1. The summed E-state index contributed by atoms with van der Waals surface area (Å²) in [6.45, 7) is 5.57. The normalized spacial score (nSPS) is 19.4. The second kappa shape index (κ2) is 5.58. The average Bonchev–Trinajstić information content (AvgIpc) is 2.86. The predicted octanol–water partition coefficient (Wildman–Crippen LogP) is 0.299. The minimum Gasteiger partial charge on any atom is -0.395 e. The summed E-state index contributed by atoms with van der Waals surface area (Å²) in [6, 6.07) is 0.770. The topological polar surface area (TPSA) is 35.5 Å². The van der Waals surface area contributed by atoms with Gasteiger partial charge in [0.15, 0.2) is 0 Å². The Morgan fingerprint density at radius 3 is 2.69 bits per heavy atom. The van der Waals surface area contributed by atoms with E-state index < -0.39 is 0 Å². The monoisotopic (exact) mass is 186 g/mol. The standard InChI is InChI=1S/C10H22N2O/c1-9(7-11-2)8-12(5-6-13)10-3-4-10/h9-11,13H,3-8H2,1-2H3. The van der Waals surface area contributed by atoms with E-state index in [1.807, 2.05) is 7.05 Å². The predicted molar refractivity (Wildman–Crippen MR) is 54.8 cm³/mol. The van der Waals surface area contributed by atoms with Crippen LogP contribution in [0.15, 0.2) is 0 Å². The molecule has 0 aliphatic heterocycles. The van der Waals surface area contributed by atoms with Crippen LogP contribution in [-0.4, -0.2) is 49.3 Å². The zero-order valence-corrected chi connectivity index (χ0v) is 8.79. The maximum Gasteiger partial charge on any atom is 0.0558 e. The van der Waals surface area contributed by atoms with E-state index in [-0.39, 0.29) is 0 Å². The first kappa shape index (κ1) is 11.0. The van der Waals surface area contributed by atoms with E-state index in [2.05, 4.69) is 17.1 Å². The highest BCUT2D eigenvalue weighted by Gasteiger charge is 2.28. The third-order valence-corrected chi connectivity index (χ3v) is 2.55. The molecule has 1 rings (SSSR count). The lowest BCUT2D eigenvalue weighted by molar-refractivity contribution is 0.171. The van der Waals surface area contributed by atoms with Crippen LogP contribution < -0.4 is 5.32 Å². The SMILES string of the molecule is CNCC(C)CN(CCO)C1CC1. The minimum atomic E-state index is 0.294. The van der Waals surface area contributed by atoms with Gasteiger partial charge < -0.3 is 10.4 Å². The lowest BCUT2D eigenvalue weighted by Gasteiger charge is -2.24. The molecule has 13 heavy (non-hydrogen) atoms. The Bertz CT molecular complexity index is 137. The van der Waals surface area contributed by atoms with Crippen LogP contribution in [-0.2, 0) is 0 Å². The van der Waals surface area contributed by atoms with E-state index in [9.17, 15) is 0 Å². The maximum atomic E-state index is 8.90. The molecular formula is C10H22N2O. The number of hydrogen-bond donors (Lipinski definition) is 2. The van der Waals surface area contributed by atoms with Gasteiger partial charge in [0.25, 0.3) is 0 Å². The van der Waals surface area contributed by atoms with Crippen molar-refractivity contribution in [1.29, 1.82) is 0 Å². The Hall–Kier alpha value is -0.120. The largest absolute Gasteiger partial charge is 0.395 e. The number of aliphatic hydroxyl groups is 1. The molecule has 0 saturated heterocycles. The van der Waals surface area contributed by atoms with Gasteiger partial charge in [0.1, 0.15) is 0 Å². The highest BCUT2D eigenvalue weighted by Crippen LogP contribution is 2.26. The van der Waals surface area contributed by atoms with E-state index >= 15 is 0 Å². The number of rotatable bonds is 7. The molecule has 0 aromatic rings. The molecule has 3 heteroatoms. The highest BCUT2D eigenvalue weighted by atomic mass is 16.3. The van der Waals surface area contributed by atoms with Gasteiger partial charge in [-0.2, -0.15) is 0 Å². The Balaban J connectivity index is 2.20. The Labute approximate surface area is 81.1 Å². The van der Waals surface area contributed by atoms with Crippen molar-refractivity contribution in [3.05, 3.63) is 0 Å². The minimum absolute atomic E-state index is 0.294.